The monoisotopic (exact) mass is 168 g/mol. The Bertz CT molecular complexity index is 140. The molecular weight excluding hydrogens is 148 g/mol. The van der Waals surface area contributed by atoms with Crippen molar-refractivity contribution < 1.29 is 0 Å². The van der Waals surface area contributed by atoms with Crippen molar-refractivity contribution in [1.82, 2.24) is 10.6 Å². The second kappa shape index (κ2) is 3.35. The van der Waals surface area contributed by atoms with E-state index < -0.39 is 0 Å². The fourth-order valence-corrected chi connectivity index (χ4v) is 2.56. The van der Waals surface area contributed by atoms with Gasteiger partial charge in [0.15, 0.2) is 0 Å². The zero-order valence-electron chi connectivity index (χ0n) is 8.14. The molecule has 2 saturated heterocycles. The Morgan fingerprint density at radius 3 is 1.58 bits per heavy atom. The SMILES string of the molecule is CC1CCC2NC(C)CCC2N1. The number of rotatable bonds is 0. The number of nitrogens with one attached hydrogen (secondary N) is 2. The summed E-state index contributed by atoms with van der Waals surface area (Å²) in [6.07, 6.45) is 5.40. The number of piperidine rings is 2. The molecule has 0 amide bonds. The standard InChI is InChI=1S/C10H20N2/c1-7-3-5-10-9(11-7)6-4-8(2)12-10/h7-12H,3-6H2,1-2H3. The van der Waals surface area contributed by atoms with E-state index in [9.17, 15) is 0 Å². The summed E-state index contributed by atoms with van der Waals surface area (Å²) in [6.45, 7) is 4.60. The maximum Gasteiger partial charge on any atom is 0.0224 e. The van der Waals surface area contributed by atoms with E-state index in [1.165, 1.54) is 25.7 Å². The van der Waals surface area contributed by atoms with Gasteiger partial charge in [-0.1, -0.05) is 0 Å². The largest absolute Gasteiger partial charge is 0.310 e. The number of fused-ring (bicyclic) bond motifs is 1. The highest BCUT2D eigenvalue weighted by Gasteiger charge is 2.31. The molecule has 2 N–H and O–H groups in total. The highest BCUT2D eigenvalue weighted by molar-refractivity contribution is 4.94. The van der Waals surface area contributed by atoms with Gasteiger partial charge in [-0.15, -0.1) is 0 Å². The van der Waals surface area contributed by atoms with E-state index in [0.29, 0.717) is 0 Å². The van der Waals surface area contributed by atoms with Gasteiger partial charge in [-0.3, -0.25) is 0 Å². The molecule has 0 aliphatic carbocycles. The topological polar surface area (TPSA) is 24.1 Å². The molecule has 70 valence electrons. The van der Waals surface area contributed by atoms with Crippen molar-refractivity contribution in [3.63, 3.8) is 0 Å². The first-order chi connectivity index (χ1) is 5.75. The Morgan fingerprint density at radius 2 is 1.17 bits per heavy atom. The second-order valence-electron chi connectivity index (χ2n) is 4.50. The van der Waals surface area contributed by atoms with Gasteiger partial charge < -0.3 is 10.6 Å². The molecule has 0 aromatic heterocycles. The van der Waals surface area contributed by atoms with Crippen molar-refractivity contribution >= 4 is 0 Å². The smallest absolute Gasteiger partial charge is 0.0224 e. The molecule has 0 saturated carbocycles. The summed E-state index contributed by atoms with van der Waals surface area (Å²) in [5.41, 5.74) is 0. The molecule has 2 rings (SSSR count). The lowest BCUT2D eigenvalue weighted by Crippen LogP contribution is -2.59. The number of hydrogen-bond donors (Lipinski definition) is 2. The lowest BCUT2D eigenvalue weighted by atomic mass is 9.86. The minimum Gasteiger partial charge on any atom is -0.310 e. The second-order valence-corrected chi connectivity index (χ2v) is 4.50. The molecule has 2 fully saturated rings. The van der Waals surface area contributed by atoms with Crippen molar-refractivity contribution in [1.29, 1.82) is 0 Å². The van der Waals surface area contributed by atoms with E-state index >= 15 is 0 Å². The molecule has 4 unspecified atom stereocenters. The Kier molecular flexibility index (Phi) is 2.37. The Labute approximate surface area is 75.1 Å². The molecule has 0 spiro atoms. The van der Waals surface area contributed by atoms with Crippen LogP contribution < -0.4 is 10.6 Å². The van der Waals surface area contributed by atoms with E-state index in [-0.39, 0.29) is 0 Å². The van der Waals surface area contributed by atoms with E-state index in [1.807, 2.05) is 0 Å². The third-order valence-corrected chi connectivity index (χ3v) is 3.30. The summed E-state index contributed by atoms with van der Waals surface area (Å²) in [5, 5.41) is 7.35. The van der Waals surface area contributed by atoms with Crippen molar-refractivity contribution in [3.05, 3.63) is 0 Å². The summed E-state index contributed by atoms with van der Waals surface area (Å²) in [5.74, 6) is 0. The first-order valence-electron chi connectivity index (χ1n) is 5.28. The lowest BCUT2D eigenvalue weighted by molar-refractivity contribution is 0.192. The molecule has 12 heavy (non-hydrogen) atoms. The average Bonchev–Trinajstić information content (AvgIpc) is 2.05. The summed E-state index contributed by atoms with van der Waals surface area (Å²) < 4.78 is 0. The average molecular weight is 168 g/mol. The van der Waals surface area contributed by atoms with E-state index in [4.69, 9.17) is 0 Å². The quantitative estimate of drug-likeness (QED) is 0.569. The van der Waals surface area contributed by atoms with Crippen LogP contribution in [0.4, 0.5) is 0 Å². The molecule has 2 aliphatic rings. The maximum atomic E-state index is 3.68. The van der Waals surface area contributed by atoms with Crippen molar-refractivity contribution in [2.75, 3.05) is 0 Å². The van der Waals surface area contributed by atoms with Crippen LogP contribution in [-0.2, 0) is 0 Å². The van der Waals surface area contributed by atoms with Gasteiger partial charge in [-0.05, 0) is 39.5 Å². The zero-order chi connectivity index (χ0) is 8.55. The molecular formula is C10H20N2. The van der Waals surface area contributed by atoms with Gasteiger partial charge >= 0.3 is 0 Å². The van der Waals surface area contributed by atoms with Crippen LogP contribution in [-0.4, -0.2) is 24.2 Å². The summed E-state index contributed by atoms with van der Waals surface area (Å²) >= 11 is 0. The molecule has 4 atom stereocenters. The van der Waals surface area contributed by atoms with Crippen molar-refractivity contribution in [3.8, 4) is 0 Å². The summed E-state index contributed by atoms with van der Waals surface area (Å²) in [4.78, 5) is 0. The fraction of sp³-hybridized carbons (Fsp3) is 1.00. The van der Waals surface area contributed by atoms with Gasteiger partial charge in [0.2, 0.25) is 0 Å². The van der Waals surface area contributed by atoms with Crippen molar-refractivity contribution in [2.24, 2.45) is 0 Å². The van der Waals surface area contributed by atoms with E-state index in [2.05, 4.69) is 24.5 Å². The minimum absolute atomic E-state index is 0.737. The first-order valence-corrected chi connectivity index (χ1v) is 5.28. The Balaban J connectivity index is 1.94. The molecule has 0 aromatic carbocycles. The van der Waals surface area contributed by atoms with Gasteiger partial charge in [0.1, 0.15) is 0 Å². The highest BCUT2D eigenvalue weighted by Crippen LogP contribution is 2.22. The predicted molar refractivity (Wildman–Crippen MR) is 51.2 cm³/mol. The third kappa shape index (κ3) is 1.64. The van der Waals surface area contributed by atoms with Gasteiger partial charge in [0.05, 0.1) is 0 Å². The van der Waals surface area contributed by atoms with E-state index in [0.717, 1.165) is 24.2 Å². The molecule has 2 nitrogen and oxygen atoms in total. The molecule has 2 heterocycles. The van der Waals surface area contributed by atoms with Gasteiger partial charge in [0, 0.05) is 24.2 Å². The van der Waals surface area contributed by atoms with Crippen molar-refractivity contribution in [2.45, 2.75) is 63.7 Å². The predicted octanol–water partition coefficient (Wildman–Crippen LogP) is 1.27. The third-order valence-electron chi connectivity index (χ3n) is 3.30. The van der Waals surface area contributed by atoms with Crippen LogP contribution in [0.5, 0.6) is 0 Å². The maximum absolute atomic E-state index is 3.68. The normalized spacial score (nSPS) is 48.5. The molecule has 0 aromatic rings. The summed E-state index contributed by atoms with van der Waals surface area (Å²) in [6, 6.07) is 2.98. The highest BCUT2D eigenvalue weighted by atomic mass is 15.1. The van der Waals surface area contributed by atoms with Crippen LogP contribution >= 0.6 is 0 Å². The molecule has 0 bridgehead atoms. The van der Waals surface area contributed by atoms with Crippen LogP contribution in [0.15, 0.2) is 0 Å². The first kappa shape index (κ1) is 8.52. The van der Waals surface area contributed by atoms with Crippen LogP contribution in [0.1, 0.15) is 39.5 Å². The van der Waals surface area contributed by atoms with Crippen LogP contribution in [0.3, 0.4) is 0 Å². The Morgan fingerprint density at radius 1 is 0.750 bits per heavy atom. The van der Waals surface area contributed by atoms with Gasteiger partial charge in [0.25, 0.3) is 0 Å². The Hall–Kier alpha value is -0.0800. The molecule has 2 aliphatic heterocycles. The van der Waals surface area contributed by atoms with Gasteiger partial charge in [-0.25, -0.2) is 0 Å². The fourth-order valence-electron chi connectivity index (χ4n) is 2.56. The molecule has 2 heteroatoms. The van der Waals surface area contributed by atoms with Gasteiger partial charge in [-0.2, -0.15) is 0 Å². The lowest BCUT2D eigenvalue weighted by Gasteiger charge is -2.42. The van der Waals surface area contributed by atoms with Crippen LogP contribution in [0.25, 0.3) is 0 Å². The minimum atomic E-state index is 0.737. The van der Waals surface area contributed by atoms with Crippen LogP contribution in [0.2, 0.25) is 0 Å². The zero-order valence-corrected chi connectivity index (χ0v) is 8.14. The summed E-state index contributed by atoms with van der Waals surface area (Å²) in [7, 11) is 0. The molecule has 0 radical (unpaired) electrons. The van der Waals surface area contributed by atoms with E-state index in [1.54, 1.807) is 0 Å². The van der Waals surface area contributed by atoms with Crippen LogP contribution in [0, 0.1) is 0 Å². The number of hydrogen-bond acceptors (Lipinski definition) is 2.